The quantitative estimate of drug-likeness (QED) is 0.231. The van der Waals surface area contributed by atoms with Crippen molar-refractivity contribution in [1.82, 2.24) is 0 Å². The van der Waals surface area contributed by atoms with E-state index in [-0.39, 0.29) is 0 Å². The summed E-state index contributed by atoms with van der Waals surface area (Å²) < 4.78 is 6.30. The first-order valence-corrected chi connectivity index (χ1v) is 12.9. The highest BCUT2D eigenvalue weighted by Crippen LogP contribution is 2.45. The molecule has 7 aromatic carbocycles. The van der Waals surface area contributed by atoms with Gasteiger partial charge in [-0.3, -0.25) is 0 Å². The monoisotopic (exact) mass is 485 g/mol. The first-order chi connectivity index (χ1) is 18.8. The van der Waals surface area contributed by atoms with E-state index >= 15 is 0 Å². The molecular weight excluding hydrogens is 462 g/mol. The first-order valence-electron chi connectivity index (χ1n) is 12.9. The van der Waals surface area contributed by atoms with E-state index < -0.39 is 0 Å². The van der Waals surface area contributed by atoms with Crippen LogP contribution in [0.3, 0.4) is 0 Å². The summed E-state index contributed by atoms with van der Waals surface area (Å²) in [6.45, 7) is 0. The van der Waals surface area contributed by atoms with Gasteiger partial charge in [-0.2, -0.15) is 0 Å². The fourth-order valence-electron chi connectivity index (χ4n) is 5.89. The highest BCUT2D eigenvalue weighted by molar-refractivity contribution is 6.24. The van der Waals surface area contributed by atoms with Crippen LogP contribution in [0.15, 0.2) is 144 Å². The second-order valence-electron chi connectivity index (χ2n) is 9.78. The zero-order valence-electron chi connectivity index (χ0n) is 20.6. The summed E-state index contributed by atoms with van der Waals surface area (Å²) in [5.41, 5.74) is 5.11. The Balaban J connectivity index is 1.48. The number of nitrogens with zero attached hydrogens (tertiary/aromatic N) is 1. The van der Waals surface area contributed by atoms with Crippen molar-refractivity contribution in [1.29, 1.82) is 0 Å². The van der Waals surface area contributed by atoms with Gasteiger partial charge in [0.2, 0.25) is 0 Å². The molecule has 0 unspecified atom stereocenters. The van der Waals surface area contributed by atoms with Crippen LogP contribution < -0.4 is 4.90 Å². The van der Waals surface area contributed by atoms with Gasteiger partial charge in [-0.25, -0.2) is 0 Å². The van der Waals surface area contributed by atoms with E-state index in [1.54, 1.807) is 0 Å². The van der Waals surface area contributed by atoms with Crippen LogP contribution in [0.1, 0.15) is 0 Å². The van der Waals surface area contributed by atoms with Crippen molar-refractivity contribution in [2.45, 2.75) is 0 Å². The summed E-state index contributed by atoms with van der Waals surface area (Å²) >= 11 is 0. The maximum absolute atomic E-state index is 6.30. The average molecular weight is 486 g/mol. The van der Waals surface area contributed by atoms with E-state index in [0.29, 0.717) is 0 Å². The predicted molar refractivity (Wildman–Crippen MR) is 161 cm³/mol. The topological polar surface area (TPSA) is 16.4 Å². The van der Waals surface area contributed by atoms with Crippen molar-refractivity contribution in [3.8, 4) is 0 Å². The lowest BCUT2D eigenvalue weighted by Gasteiger charge is -2.28. The zero-order chi connectivity index (χ0) is 25.1. The lowest BCUT2D eigenvalue weighted by atomic mass is 9.94. The number of rotatable bonds is 3. The molecule has 0 aliphatic heterocycles. The molecule has 0 aliphatic carbocycles. The molecule has 0 saturated heterocycles. The van der Waals surface area contributed by atoms with Gasteiger partial charge in [0.05, 0.1) is 5.69 Å². The molecule has 0 saturated carbocycles. The fraction of sp³-hybridized carbons (Fsp3) is 0. The highest BCUT2D eigenvalue weighted by atomic mass is 16.3. The number of hydrogen-bond donors (Lipinski definition) is 0. The molecule has 178 valence electrons. The van der Waals surface area contributed by atoms with Crippen LogP contribution in [-0.2, 0) is 0 Å². The van der Waals surface area contributed by atoms with Crippen molar-refractivity contribution in [3.05, 3.63) is 140 Å². The molecule has 8 aromatic rings. The molecule has 0 amide bonds. The molecule has 2 nitrogen and oxygen atoms in total. The predicted octanol–water partition coefficient (Wildman–Crippen LogP) is 10.5. The third-order valence-electron chi connectivity index (χ3n) is 7.60. The second kappa shape index (κ2) is 8.22. The van der Waals surface area contributed by atoms with Crippen LogP contribution in [0.4, 0.5) is 17.1 Å². The Hall–Kier alpha value is -5.08. The molecule has 1 aromatic heterocycles. The van der Waals surface area contributed by atoms with Gasteiger partial charge >= 0.3 is 0 Å². The van der Waals surface area contributed by atoms with Gasteiger partial charge in [0.25, 0.3) is 0 Å². The molecule has 0 fully saturated rings. The summed E-state index contributed by atoms with van der Waals surface area (Å²) in [5.74, 6) is 0. The van der Waals surface area contributed by atoms with Crippen molar-refractivity contribution in [2.75, 3.05) is 4.90 Å². The van der Waals surface area contributed by atoms with E-state index in [4.69, 9.17) is 4.42 Å². The minimum atomic E-state index is 0.889. The number of para-hydroxylation sites is 2. The Morgan fingerprint density at radius 1 is 0.395 bits per heavy atom. The first kappa shape index (κ1) is 21.0. The van der Waals surface area contributed by atoms with Gasteiger partial charge in [0.15, 0.2) is 0 Å². The average Bonchev–Trinajstić information content (AvgIpc) is 3.35. The molecule has 0 bridgehead atoms. The van der Waals surface area contributed by atoms with Crippen LogP contribution >= 0.6 is 0 Å². The van der Waals surface area contributed by atoms with Gasteiger partial charge in [-0.15, -0.1) is 0 Å². The summed E-state index contributed by atoms with van der Waals surface area (Å²) in [4.78, 5) is 2.36. The van der Waals surface area contributed by atoms with Gasteiger partial charge in [-0.05, 0) is 63.3 Å². The number of fused-ring (bicyclic) bond motifs is 8. The highest BCUT2D eigenvalue weighted by Gasteiger charge is 2.19. The Morgan fingerprint density at radius 3 is 1.87 bits per heavy atom. The molecule has 2 heteroatoms. The third kappa shape index (κ3) is 3.14. The normalized spacial score (nSPS) is 11.7. The lowest BCUT2D eigenvalue weighted by molar-refractivity contribution is 0.669. The van der Waals surface area contributed by atoms with Gasteiger partial charge in [-0.1, -0.05) is 97.1 Å². The SMILES string of the molecule is c1ccc(N(c2ccc3c(c2)oc2ccccc23)c2cc3ccccc3c3c2ccc2ccccc23)cc1. The smallest absolute Gasteiger partial charge is 0.137 e. The Morgan fingerprint density at radius 2 is 1.03 bits per heavy atom. The van der Waals surface area contributed by atoms with E-state index in [0.717, 1.165) is 39.0 Å². The number of benzene rings is 7. The lowest BCUT2D eigenvalue weighted by Crippen LogP contribution is -2.10. The Labute approximate surface area is 220 Å². The third-order valence-corrected chi connectivity index (χ3v) is 7.60. The van der Waals surface area contributed by atoms with E-state index in [2.05, 4.69) is 132 Å². The second-order valence-corrected chi connectivity index (χ2v) is 9.78. The van der Waals surface area contributed by atoms with Gasteiger partial charge in [0.1, 0.15) is 11.2 Å². The molecule has 0 N–H and O–H groups in total. The maximum atomic E-state index is 6.30. The van der Waals surface area contributed by atoms with Crippen LogP contribution in [0.25, 0.3) is 54.3 Å². The van der Waals surface area contributed by atoms with Crippen LogP contribution in [0.5, 0.6) is 0 Å². The van der Waals surface area contributed by atoms with Crippen LogP contribution in [0, 0.1) is 0 Å². The van der Waals surface area contributed by atoms with Crippen LogP contribution in [0.2, 0.25) is 0 Å². The minimum Gasteiger partial charge on any atom is -0.456 e. The maximum Gasteiger partial charge on any atom is 0.137 e. The Kier molecular flexibility index (Phi) is 4.55. The summed E-state index contributed by atoms with van der Waals surface area (Å²) in [6, 6.07) is 49.6. The largest absolute Gasteiger partial charge is 0.456 e. The van der Waals surface area contributed by atoms with E-state index in [1.807, 2.05) is 12.1 Å². The molecule has 0 aliphatic rings. The van der Waals surface area contributed by atoms with Crippen molar-refractivity contribution in [2.24, 2.45) is 0 Å². The molecule has 0 atom stereocenters. The molecule has 1 heterocycles. The van der Waals surface area contributed by atoms with Gasteiger partial charge < -0.3 is 9.32 Å². The Bertz CT molecular complexity index is 2120. The summed E-state index contributed by atoms with van der Waals surface area (Å²) in [6.07, 6.45) is 0. The molecule has 0 spiro atoms. The standard InChI is InChI=1S/C36H23NO/c1-2-12-26(13-3-1)37(27-19-21-31-30-16-8-9-17-34(30)38-35(31)23-27)33-22-25-11-5-7-15-29(25)36-28-14-6-4-10-24(28)18-20-32(33)36/h1-23H. The summed E-state index contributed by atoms with van der Waals surface area (Å²) in [5, 5.41) is 9.77. The number of furan rings is 1. The fourth-order valence-corrected chi connectivity index (χ4v) is 5.89. The van der Waals surface area contributed by atoms with Crippen molar-refractivity contribution >= 4 is 71.3 Å². The molecule has 38 heavy (non-hydrogen) atoms. The summed E-state index contributed by atoms with van der Waals surface area (Å²) in [7, 11) is 0. The van der Waals surface area contributed by atoms with Crippen molar-refractivity contribution in [3.63, 3.8) is 0 Å². The number of hydrogen-bond acceptors (Lipinski definition) is 2. The minimum absolute atomic E-state index is 0.889. The molecule has 8 rings (SSSR count). The van der Waals surface area contributed by atoms with E-state index in [1.165, 1.54) is 32.3 Å². The van der Waals surface area contributed by atoms with Crippen LogP contribution in [-0.4, -0.2) is 0 Å². The van der Waals surface area contributed by atoms with Gasteiger partial charge in [0, 0.05) is 33.6 Å². The molecule has 0 radical (unpaired) electrons. The van der Waals surface area contributed by atoms with E-state index in [9.17, 15) is 0 Å². The molecular formula is C36H23NO. The van der Waals surface area contributed by atoms with Crippen molar-refractivity contribution < 1.29 is 4.42 Å². The number of anilines is 3. The zero-order valence-corrected chi connectivity index (χ0v) is 20.6.